The zero-order valence-electron chi connectivity index (χ0n) is 14.7. The minimum atomic E-state index is -0.522. The van der Waals surface area contributed by atoms with E-state index in [0.29, 0.717) is 24.7 Å². The van der Waals surface area contributed by atoms with Crippen molar-refractivity contribution in [3.63, 3.8) is 0 Å². The number of anilines is 1. The van der Waals surface area contributed by atoms with Crippen LogP contribution in [0.5, 0.6) is 0 Å². The largest absolute Gasteiger partial charge is 0.455 e. The molecule has 3 rings (SSSR count). The Balaban J connectivity index is 1.31. The summed E-state index contributed by atoms with van der Waals surface area (Å²) in [6.07, 6.45) is 0.836. The fourth-order valence-corrected chi connectivity index (χ4v) is 4.07. The van der Waals surface area contributed by atoms with Crippen molar-refractivity contribution in [2.45, 2.75) is 19.9 Å². The van der Waals surface area contributed by atoms with Gasteiger partial charge in [0.2, 0.25) is 5.91 Å². The molecule has 0 aliphatic carbocycles. The molecule has 10 heteroatoms. The number of esters is 1. The topological polar surface area (TPSA) is 102 Å². The van der Waals surface area contributed by atoms with Crippen LogP contribution in [0.2, 0.25) is 0 Å². The zero-order valence-corrected chi connectivity index (χ0v) is 16.4. The SMILES string of the molecule is Cc1cc(NC(=O)CSCC(=O)OCC(=O)N2CCc3sccc3C2)no1. The van der Waals surface area contributed by atoms with Crippen molar-refractivity contribution < 1.29 is 23.6 Å². The van der Waals surface area contributed by atoms with Gasteiger partial charge in [-0.3, -0.25) is 14.4 Å². The van der Waals surface area contributed by atoms with E-state index in [-0.39, 0.29) is 29.9 Å². The minimum Gasteiger partial charge on any atom is -0.455 e. The maximum absolute atomic E-state index is 12.2. The van der Waals surface area contributed by atoms with E-state index in [2.05, 4.69) is 10.5 Å². The molecule has 0 saturated carbocycles. The van der Waals surface area contributed by atoms with Crippen LogP contribution in [0.3, 0.4) is 0 Å². The molecule has 2 aromatic heterocycles. The van der Waals surface area contributed by atoms with Crippen LogP contribution in [0.4, 0.5) is 5.82 Å². The van der Waals surface area contributed by atoms with Gasteiger partial charge in [0.05, 0.1) is 11.5 Å². The molecular formula is C17H19N3O5S2. The summed E-state index contributed by atoms with van der Waals surface area (Å²) >= 11 is 2.81. The second-order valence-electron chi connectivity index (χ2n) is 5.96. The first kappa shape index (κ1) is 19.4. The third-order valence-electron chi connectivity index (χ3n) is 3.87. The highest BCUT2D eigenvalue weighted by Gasteiger charge is 2.22. The van der Waals surface area contributed by atoms with Gasteiger partial charge in [0.15, 0.2) is 12.4 Å². The summed E-state index contributed by atoms with van der Waals surface area (Å²) in [6, 6.07) is 3.62. The Hall–Kier alpha value is -2.33. The second-order valence-corrected chi connectivity index (χ2v) is 7.95. The Morgan fingerprint density at radius 3 is 3.04 bits per heavy atom. The van der Waals surface area contributed by atoms with E-state index in [4.69, 9.17) is 9.26 Å². The summed E-state index contributed by atoms with van der Waals surface area (Å²) in [5.41, 5.74) is 1.16. The van der Waals surface area contributed by atoms with Crippen molar-refractivity contribution in [1.82, 2.24) is 10.1 Å². The molecule has 1 aliphatic rings. The first-order chi connectivity index (χ1) is 13.0. The summed E-state index contributed by atoms with van der Waals surface area (Å²) in [4.78, 5) is 38.7. The van der Waals surface area contributed by atoms with Gasteiger partial charge < -0.3 is 19.5 Å². The van der Waals surface area contributed by atoms with Gasteiger partial charge in [-0.2, -0.15) is 0 Å². The Kier molecular flexibility index (Phi) is 6.51. The number of ether oxygens (including phenoxy) is 1. The maximum atomic E-state index is 12.2. The number of thiophene rings is 1. The van der Waals surface area contributed by atoms with Gasteiger partial charge in [-0.05, 0) is 30.4 Å². The molecule has 0 bridgehead atoms. The Bertz CT molecular complexity index is 832. The number of carbonyl (C=O) groups excluding carboxylic acids is 3. The average Bonchev–Trinajstić information content (AvgIpc) is 3.27. The zero-order chi connectivity index (χ0) is 19.2. The number of amides is 2. The Morgan fingerprint density at radius 2 is 2.26 bits per heavy atom. The van der Waals surface area contributed by atoms with Gasteiger partial charge in [-0.15, -0.1) is 23.1 Å². The highest BCUT2D eigenvalue weighted by Crippen LogP contribution is 2.23. The third-order valence-corrected chi connectivity index (χ3v) is 5.79. The predicted molar refractivity (Wildman–Crippen MR) is 102 cm³/mol. The first-order valence-electron chi connectivity index (χ1n) is 8.31. The summed E-state index contributed by atoms with van der Waals surface area (Å²) in [5.74, 6) is -0.0281. The summed E-state index contributed by atoms with van der Waals surface area (Å²) in [5, 5.41) is 8.24. The fraction of sp³-hybridized carbons (Fsp3) is 0.412. The van der Waals surface area contributed by atoms with E-state index >= 15 is 0 Å². The van der Waals surface area contributed by atoms with Crippen LogP contribution in [-0.4, -0.2) is 52.5 Å². The average molecular weight is 409 g/mol. The van der Waals surface area contributed by atoms with Crippen molar-refractivity contribution >= 4 is 46.7 Å². The molecule has 8 nitrogen and oxygen atoms in total. The number of thioether (sulfide) groups is 1. The van der Waals surface area contributed by atoms with Crippen molar-refractivity contribution in [2.75, 3.05) is 30.0 Å². The molecule has 27 heavy (non-hydrogen) atoms. The van der Waals surface area contributed by atoms with Crippen LogP contribution < -0.4 is 5.32 Å². The van der Waals surface area contributed by atoms with Crippen LogP contribution >= 0.6 is 23.1 Å². The molecule has 1 N–H and O–H groups in total. The van der Waals surface area contributed by atoms with Crippen LogP contribution in [0.15, 0.2) is 22.0 Å². The second kappa shape index (κ2) is 9.05. The van der Waals surface area contributed by atoms with E-state index in [1.807, 2.05) is 11.4 Å². The van der Waals surface area contributed by atoms with Crippen LogP contribution in [0.25, 0.3) is 0 Å². The lowest BCUT2D eigenvalue weighted by Crippen LogP contribution is -2.38. The highest BCUT2D eigenvalue weighted by atomic mass is 32.2. The van der Waals surface area contributed by atoms with Crippen molar-refractivity contribution in [1.29, 1.82) is 0 Å². The smallest absolute Gasteiger partial charge is 0.316 e. The molecule has 3 heterocycles. The van der Waals surface area contributed by atoms with Gasteiger partial charge in [-0.25, -0.2) is 0 Å². The lowest BCUT2D eigenvalue weighted by atomic mass is 10.1. The molecule has 0 atom stereocenters. The molecule has 0 spiro atoms. The van der Waals surface area contributed by atoms with E-state index in [1.54, 1.807) is 29.2 Å². The lowest BCUT2D eigenvalue weighted by Gasteiger charge is -2.26. The number of aryl methyl sites for hydroxylation is 1. The molecule has 144 valence electrons. The standard InChI is InChI=1S/C17H19N3O5S2/c1-11-6-14(19-25-11)18-15(21)9-26-10-17(23)24-8-16(22)20-4-2-13-12(7-20)3-5-27-13/h3,5-6H,2,4,7-10H2,1H3,(H,18,19,21). The van der Waals surface area contributed by atoms with E-state index in [1.165, 1.54) is 4.88 Å². The number of hydrogen-bond donors (Lipinski definition) is 1. The molecular weight excluding hydrogens is 390 g/mol. The maximum Gasteiger partial charge on any atom is 0.316 e. The van der Waals surface area contributed by atoms with Gasteiger partial charge in [0, 0.05) is 24.0 Å². The van der Waals surface area contributed by atoms with E-state index in [0.717, 1.165) is 23.7 Å². The lowest BCUT2D eigenvalue weighted by molar-refractivity contribution is -0.150. The normalized spacial score (nSPS) is 13.1. The number of aromatic nitrogens is 1. The Morgan fingerprint density at radius 1 is 1.41 bits per heavy atom. The Labute approximate surface area is 164 Å². The molecule has 1 aliphatic heterocycles. The van der Waals surface area contributed by atoms with Crippen molar-refractivity contribution in [2.24, 2.45) is 0 Å². The number of hydrogen-bond acceptors (Lipinski definition) is 8. The summed E-state index contributed by atoms with van der Waals surface area (Å²) in [6.45, 7) is 2.65. The predicted octanol–water partition coefficient (Wildman–Crippen LogP) is 1.84. The quantitative estimate of drug-likeness (QED) is 0.696. The van der Waals surface area contributed by atoms with Crippen molar-refractivity contribution in [3.05, 3.63) is 33.7 Å². The minimum absolute atomic E-state index is 0.00672. The van der Waals surface area contributed by atoms with Gasteiger partial charge in [0.25, 0.3) is 5.91 Å². The van der Waals surface area contributed by atoms with E-state index < -0.39 is 5.97 Å². The summed E-state index contributed by atoms with van der Waals surface area (Å²) < 4.78 is 9.87. The summed E-state index contributed by atoms with van der Waals surface area (Å²) in [7, 11) is 0. The van der Waals surface area contributed by atoms with Crippen molar-refractivity contribution in [3.8, 4) is 0 Å². The van der Waals surface area contributed by atoms with Crippen LogP contribution in [0, 0.1) is 6.92 Å². The van der Waals surface area contributed by atoms with Gasteiger partial charge in [0.1, 0.15) is 5.76 Å². The molecule has 0 fully saturated rings. The van der Waals surface area contributed by atoms with Gasteiger partial charge >= 0.3 is 5.97 Å². The highest BCUT2D eigenvalue weighted by molar-refractivity contribution is 8.00. The first-order valence-corrected chi connectivity index (χ1v) is 10.3. The van der Waals surface area contributed by atoms with E-state index in [9.17, 15) is 14.4 Å². The molecule has 0 unspecified atom stereocenters. The van der Waals surface area contributed by atoms with Crippen LogP contribution in [-0.2, 0) is 32.1 Å². The number of rotatable bonds is 7. The molecule has 0 aromatic carbocycles. The number of nitrogens with one attached hydrogen (secondary N) is 1. The molecule has 2 amide bonds. The van der Waals surface area contributed by atoms with Crippen LogP contribution in [0.1, 0.15) is 16.2 Å². The number of fused-ring (bicyclic) bond motifs is 1. The molecule has 0 saturated heterocycles. The molecule has 2 aromatic rings. The fourth-order valence-electron chi connectivity index (χ4n) is 2.57. The number of nitrogens with zero attached hydrogens (tertiary/aromatic N) is 2. The molecule has 0 radical (unpaired) electrons. The monoisotopic (exact) mass is 409 g/mol. The third kappa shape index (κ3) is 5.57. The van der Waals surface area contributed by atoms with Gasteiger partial charge in [-0.1, -0.05) is 5.16 Å². The number of carbonyl (C=O) groups is 3.